The molecule has 0 bridgehead atoms. The van der Waals surface area contributed by atoms with Crippen molar-refractivity contribution in [3.63, 3.8) is 0 Å². The van der Waals surface area contributed by atoms with E-state index >= 15 is 0 Å². The number of methoxy groups -OCH3 is 1. The number of aliphatic hydroxyl groups is 3. The highest BCUT2D eigenvalue weighted by Crippen LogP contribution is 2.25. The van der Waals surface area contributed by atoms with Crippen LogP contribution >= 0.6 is 0 Å². The molecule has 5 atom stereocenters. The van der Waals surface area contributed by atoms with Gasteiger partial charge in [-0.25, -0.2) is 4.68 Å². The van der Waals surface area contributed by atoms with Crippen LogP contribution in [-0.4, -0.2) is 87.1 Å². The van der Waals surface area contributed by atoms with Crippen LogP contribution in [0.2, 0.25) is 0 Å². The summed E-state index contributed by atoms with van der Waals surface area (Å²) in [6.07, 6.45) is -0.974. The number of fused-ring (bicyclic) bond motifs is 1. The molecule has 1 fully saturated rings. The zero-order valence-corrected chi connectivity index (χ0v) is 24.1. The highest BCUT2D eigenvalue weighted by Gasteiger charge is 2.44. The van der Waals surface area contributed by atoms with Crippen molar-refractivity contribution in [2.24, 2.45) is 0 Å². The number of hydrogen-bond donors (Lipinski definition) is 4. The molecule has 224 valence electrons. The second kappa shape index (κ2) is 14.4. The molecule has 12 heteroatoms. The average Bonchev–Trinajstić information content (AvgIpc) is 3.45. The van der Waals surface area contributed by atoms with Crippen molar-refractivity contribution in [3.05, 3.63) is 59.4 Å². The van der Waals surface area contributed by atoms with E-state index in [1.54, 1.807) is 12.3 Å². The van der Waals surface area contributed by atoms with Crippen molar-refractivity contribution in [1.29, 1.82) is 5.26 Å². The number of amides is 1. The zero-order chi connectivity index (χ0) is 30.2. The van der Waals surface area contributed by atoms with E-state index < -0.39 is 36.6 Å². The molecule has 0 aliphatic carbocycles. The first-order valence-corrected chi connectivity index (χ1v) is 14.1. The fourth-order valence-electron chi connectivity index (χ4n) is 4.98. The number of carbonyl (C=O) groups excluding carboxylic acids is 1. The number of nitrogens with one attached hydrogen (secondary N) is 1. The third-order valence-electron chi connectivity index (χ3n) is 7.16. The van der Waals surface area contributed by atoms with Crippen LogP contribution in [0.1, 0.15) is 37.9 Å². The van der Waals surface area contributed by atoms with Crippen molar-refractivity contribution >= 4 is 28.4 Å². The number of benzene rings is 2. The molecule has 5 unspecified atom stereocenters. The summed E-state index contributed by atoms with van der Waals surface area (Å²) in [5, 5.41) is 52.7. The van der Waals surface area contributed by atoms with Gasteiger partial charge in [-0.3, -0.25) is 4.79 Å². The van der Waals surface area contributed by atoms with Gasteiger partial charge in [0.1, 0.15) is 41.8 Å². The van der Waals surface area contributed by atoms with Gasteiger partial charge in [0.05, 0.1) is 19.3 Å². The third-order valence-corrected chi connectivity index (χ3v) is 7.16. The molecule has 3 aromatic rings. The van der Waals surface area contributed by atoms with E-state index in [1.165, 1.54) is 17.5 Å². The second-order valence-electron chi connectivity index (χ2n) is 10.3. The van der Waals surface area contributed by atoms with Crippen LogP contribution in [0.4, 0.5) is 5.69 Å². The lowest BCUT2D eigenvalue weighted by Crippen LogP contribution is -2.58. The number of rotatable bonds is 12. The fraction of sp³-hybridized carbons (Fsp3) is 0.467. The fourth-order valence-corrected chi connectivity index (χ4v) is 4.98. The van der Waals surface area contributed by atoms with E-state index in [1.807, 2.05) is 24.3 Å². The number of nitrogens with zero attached hydrogens (tertiary/aromatic N) is 5. The number of aromatic nitrogens is 3. The largest absolute Gasteiger partial charge is 0.388 e. The van der Waals surface area contributed by atoms with Gasteiger partial charge in [-0.2, -0.15) is 5.26 Å². The van der Waals surface area contributed by atoms with Crippen LogP contribution in [0.15, 0.2) is 48.2 Å². The molecule has 1 amide bonds. The van der Waals surface area contributed by atoms with Gasteiger partial charge in [-0.15, -0.1) is 5.10 Å². The molecule has 42 heavy (non-hydrogen) atoms. The Hall–Kier alpha value is -3.86. The topological polar surface area (TPSA) is 166 Å². The summed E-state index contributed by atoms with van der Waals surface area (Å²) >= 11 is 0. The van der Waals surface area contributed by atoms with Crippen molar-refractivity contribution in [1.82, 2.24) is 20.3 Å². The molecule has 2 heterocycles. The highest BCUT2D eigenvalue weighted by molar-refractivity contribution is 6.02. The lowest BCUT2D eigenvalue weighted by Gasteiger charge is -2.39. The molecule has 1 aromatic heterocycles. The van der Waals surface area contributed by atoms with Gasteiger partial charge in [0, 0.05) is 25.9 Å². The van der Waals surface area contributed by atoms with Gasteiger partial charge in [0.15, 0.2) is 6.29 Å². The minimum Gasteiger partial charge on any atom is -0.388 e. The Morgan fingerprint density at radius 2 is 1.83 bits per heavy atom. The summed E-state index contributed by atoms with van der Waals surface area (Å²) in [5.41, 5.74) is 2.28. The molecular formula is C30H38N6O6. The number of aliphatic hydroxyl groups excluding tert-OH is 3. The summed E-state index contributed by atoms with van der Waals surface area (Å²) in [5.74, 6) is -0.552. The quantitative estimate of drug-likeness (QED) is 0.184. The van der Waals surface area contributed by atoms with Crippen LogP contribution < -0.4 is 10.2 Å². The number of ether oxygens (including phenoxy) is 2. The van der Waals surface area contributed by atoms with Crippen LogP contribution in [0, 0.1) is 11.3 Å². The molecule has 2 aromatic carbocycles. The Bertz CT molecular complexity index is 1430. The van der Waals surface area contributed by atoms with E-state index in [-0.39, 0.29) is 18.7 Å². The summed E-state index contributed by atoms with van der Waals surface area (Å²) in [7, 11) is 1.32. The number of anilines is 1. The monoisotopic (exact) mass is 578 g/mol. The Kier molecular flexibility index (Phi) is 10.6. The van der Waals surface area contributed by atoms with Crippen LogP contribution in [0.3, 0.4) is 0 Å². The summed E-state index contributed by atoms with van der Waals surface area (Å²) < 4.78 is 11.9. The van der Waals surface area contributed by atoms with Gasteiger partial charge < -0.3 is 35.0 Å². The van der Waals surface area contributed by atoms with E-state index in [9.17, 15) is 25.4 Å². The van der Waals surface area contributed by atoms with E-state index in [4.69, 9.17) is 9.47 Å². The van der Waals surface area contributed by atoms with Gasteiger partial charge in [0.2, 0.25) is 0 Å². The van der Waals surface area contributed by atoms with Gasteiger partial charge in [-0.1, -0.05) is 37.3 Å². The maximum atomic E-state index is 12.8. The van der Waals surface area contributed by atoms with Gasteiger partial charge in [-0.05, 0) is 53.5 Å². The molecule has 0 spiro atoms. The maximum absolute atomic E-state index is 12.8. The maximum Gasteiger partial charge on any atom is 0.262 e. The number of nitriles is 1. The molecule has 0 saturated carbocycles. The van der Waals surface area contributed by atoms with Gasteiger partial charge >= 0.3 is 0 Å². The summed E-state index contributed by atoms with van der Waals surface area (Å²) in [4.78, 5) is 15.2. The van der Waals surface area contributed by atoms with Crippen molar-refractivity contribution < 1.29 is 29.6 Å². The van der Waals surface area contributed by atoms with E-state index in [2.05, 4.69) is 52.6 Å². The highest BCUT2D eigenvalue weighted by atomic mass is 16.7. The molecule has 0 radical (unpaired) electrons. The molecule has 4 rings (SSSR count). The standard InChI is InChI=1S/C30H38N6O6/c1-4-10-35(11-5-2)24-9-8-20-12-19(6-7-21(20)14-24)13-22(15-31)29(40)32-16-23-17-36(34-33-23)18-25-26(37)27(38)28(39)30(41-3)42-25/h6-9,12-14,17,25-28,30,37-39H,4-5,10-11,16,18H2,1-3H3,(H,32,40). The lowest BCUT2D eigenvalue weighted by molar-refractivity contribution is -0.292. The smallest absolute Gasteiger partial charge is 0.262 e. The zero-order valence-electron chi connectivity index (χ0n) is 24.1. The SMILES string of the molecule is CCCN(CCC)c1ccc2cc(C=C(C#N)C(=O)NCc3cn(CC4OC(OC)C(O)C(O)C4O)nn3)ccc2c1. The second-order valence-corrected chi connectivity index (χ2v) is 10.3. The van der Waals surface area contributed by atoms with Gasteiger partial charge in [0.25, 0.3) is 5.91 Å². The van der Waals surface area contributed by atoms with E-state index in [0.29, 0.717) is 5.69 Å². The van der Waals surface area contributed by atoms with Crippen molar-refractivity contribution in [2.75, 3.05) is 25.1 Å². The predicted molar refractivity (Wildman–Crippen MR) is 156 cm³/mol. The first kappa shape index (κ1) is 31.1. The average molecular weight is 579 g/mol. The van der Waals surface area contributed by atoms with E-state index in [0.717, 1.165) is 42.3 Å². The van der Waals surface area contributed by atoms with Crippen LogP contribution in [-0.2, 0) is 27.4 Å². The first-order valence-electron chi connectivity index (χ1n) is 14.1. The molecular weight excluding hydrogens is 540 g/mol. The Labute approximate surface area is 244 Å². The van der Waals surface area contributed by atoms with Crippen LogP contribution in [0.5, 0.6) is 0 Å². The Morgan fingerprint density at radius 1 is 1.12 bits per heavy atom. The van der Waals surface area contributed by atoms with Crippen molar-refractivity contribution in [3.8, 4) is 6.07 Å². The minimum atomic E-state index is -1.45. The number of hydrogen-bond acceptors (Lipinski definition) is 10. The number of carbonyl (C=O) groups is 1. The normalized spacial score (nSPS) is 22.6. The molecule has 12 nitrogen and oxygen atoms in total. The predicted octanol–water partition coefficient (Wildman–Crippen LogP) is 1.74. The minimum absolute atomic E-state index is 0.0144. The summed E-state index contributed by atoms with van der Waals surface area (Å²) in [6.45, 7) is 6.38. The lowest BCUT2D eigenvalue weighted by atomic mass is 9.99. The molecule has 1 aliphatic rings. The molecule has 1 aliphatic heterocycles. The van der Waals surface area contributed by atoms with Crippen molar-refractivity contribution in [2.45, 2.75) is 70.5 Å². The Balaban J connectivity index is 1.38. The molecule has 4 N–H and O–H groups in total. The third kappa shape index (κ3) is 7.31. The molecule has 1 saturated heterocycles. The first-order chi connectivity index (χ1) is 20.3. The summed E-state index contributed by atoms with van der Waals surface area (Å²) in [6, 6.07) is 14.1. The Morgan fingerprint density at radius 3 is 2.52 bits per heavy atom. The van der Waals surface area contributed by atoms with Crippen LogP contribution in [0.25, 0.3) is 16.8 Å².